The van der Waals surface area contributed by atoms with Gasteiger partial charge in [0, 0.05) is 12.5 Å². The Kier molecular flexibility index (Phi) is 3.43. The Bertz CT molecular complexity index is 429. The van der Waals surface area contributed by atoms with Crippen LogP contribution in [0.4, 0.5) is 5.82 Å². The van der Waals surface area contributed by atoms with Crippen molar-refractivity contribution in [1.82, 2.24) is 9.97 Å². The molecule has 2 rings (SSSR count). The van der Waals surface area contributed by atoms with Gasteiger partial charge in [-0.1, -0.05) is 20.8 Å². The third-order valence-corrected chi connectivity index (χ3v) is 4.35. The quantitative estimate of drug-likeness (QED) is 0.916. The Morgan fingerprint density at radius 2 is 2.06 bits per heavy atom. The lowest BCUT2D eigenvalue weighted by molar-refractivity contribution is 0.607. The lowest BCUT2D eigenvalue weighted by Gasteiger charge is -2.11. The van der Waals surface area contributed by atoms with Crippen LogP contribution in [0.2, 0.25) is 0 Å². The van der Waals surface area contributed by atoms with Gasteiger partial charge in [0.2, 0.25) is 0 Å². The van der Waals surface area contributed by atoms with Gasteiger partial charge < -0.3 is 5.32 Å². The number of rotatable bonds is 4. The van der Waals surface area contributed by atoms with E-state index in [1.165, 1.54) is 6.42 Å². The Balaban J connectivity index is 2.27. The number of aryl methyl sites for hydroxylation is 1. The van der Waals surface area contributed by atoms with E-state index in [-0.39, 0.29) is 0 Å². The van der Waals surface area contributed by atoms with E-state index in [0.29, 0.717) is 11.3 Å². The van der Waals surface area contributed by atoms with Gasteiger partial charge in [0.1, 0.15) is 11.6 Å². The Morgan fingerprint density at radius 1 is 1.41 bits per heavy atom. The van der Waals surface area contributed by atoms with Gasteiger partial charge in [-0.05, 0) is 41.1 Å². The highest BCUT2D eigenvalue weighted by molar-refractivity contribution is 9.10. The van der Waals surface area contributed by atoms with Crippen LogP contribution in [0.25, 0.3) is 0 Å². The summed E-state index contributed by atoms with van der Waals surface area (Å²) in [6, 6.07) is 0. The second kappa shape index (κ2) is 4.56. The third kappa shape index (κ3) is 2.62. The molecule has 1 N–H and O–H groups in total. The fraction of sp³-hybridized carbons (Fsp3) is 0.692. The maximum absolute atomic E-state index is 4.66. The summed E-state index contributed by atoms with van der Waals surface area (Å²) in [5.74, 6) is 2.46. The molecule has 4 heteroatoms. The molecule has 1 saturated carbocycles. The van der Waals surface area contributed by atoms with Gasteiger partial charge in [0.15, 0.2) is 0 Å². The van der Waals surface area contributed by atoms with Gasteiger partial charge in [-0.3, -0.25) is 0 Å². The van der Waals surface area contributed by atoms with E-state index < -0.39 is 0 Å². The van der Waals surface area contributed by atoms with E-state index in [1.54, 1.807) is 0 Å². The fourth-order valence-corrected chi connectivity index (χ4v) is 2.32. The zero-order chi connectivity index (χ0) is 12.6. The number of hydrogen-bond donors (Lipinski definition) is 1. The second-order valence-electron chi connectivity index (χ2n) is 5.50. The molecule has 0 aliphatic heterocycles. The summed E-state index contributed by atoms with van der Waals surface area (Å²) >= 11 is 3.56. The molecule has 1 aliphatic rings. The first kappa shape index (κ1) is 12.8. The van der Waals surface area contributed by atoms with Crippen LogP contribution in [0.3, 0.4) is 0 Å². The first-order chi connectivity index (χ1) is 7.95. The van der Waals surface area contributed by atoms with Crippen LogP contribution < -0.4 is 5.32 Å². The summed E-state index contributed by atoms with van der Waals surface area (Å²) in [7, 11) is 0. The third-order valence-electron chi connectivity index (χ3n) is 3.40. The van der Waals surface area contributed by atoms with Crippen LogP contribution in [-0.4, -0.2) is 16.5 Å². The summed E-state index contributed by atoms with van der Waals surface area (Å²) in [6.07, 6.45) is 2.29. The molecule has 0 saturated heterocycles. The fourth-order valence-electron chi connectivity index (χ4n) is 2.01. The number of aromatic nitrogens is 2. The monoisotopic (exact) mass is 297 g/mol. The van der Waals surface area contributed by atoms with Crippen molar-refractivity contribution in [2.45, 2.75) is 46.5 Å². The number of anilines is 1. The summed E-state index contributed by atoms with van der Waals surface area (Å²) in [4.78, 5) is 9.26. The first-order valence-electron chi connectivity index (χ1n) is 6.23. The van der Waals surface area contributed by atoms with Gasteiger partial charge in [-0.15, -0.1) is 0 Å². The molecule has 1 fully saturated rings. The van der Waals surface area contributed by atoms with Crippen LogP contribution >= 0.6 is 15.9 Å². The van der Waals surface area contributed by atoms with Crippen molar-refractivity contribution in [3.05, 3.63) is 16.0 Å². The molecular weight excluding hydrogens is 278 g/mol. The van der Waals surface area contributed by atoms with Gasteiger partial charge in [-0.25, -0.2) is 9.97 Å². The van der Waals surface area contributed by atoms with Crippen LogP contribution in [0, 0.1) is 12.3 Å². The van der Waals surface area contributed by atoms with Crippen LogP contribution in [0.5, 0.6) is 0 Å². The van der Waals surface area contributed by atoms with Gasteiger partial charge in [0.05, 0.1) is 10.2 Å². The van der Waals surface area contributed by atoms with E-state index in [1.807, 2.05) is 6.92 Å². The maximum Gasteiger partial charge on any atom is 0.144 e. The molecule has 0 bridgehead atoms. The highest BCUT2D eigenvalue weighted by Crippen LogP contribution is 2.57. The zero-order valence-electron chi connectivity index (χ0n) is 11.0. The maximum atomic E-state index is 4.66. The minimum absolute atomic E-state index is 0.377. The van der Waals surface area contributed by atoms with Crippen molar-refractivity contribution in [2.24, 2.45) is 5.41 Å². The molecule has 1 unspecified atom stereocenters. The van der Waals surface area contributed by atoms with Gasteiger partial charge in [0.25, 0.3) is 0 Å². The van der Waals surface area contributed by atoms with Crippen molar-refractivity contribution in [3.63, 3.8) is 0 Å². The Morgan fingerprint density at radius 3 is 2.59 bits per heavy atom. The van der Waals surface area contributed by atoms with Crippen molar-refractivity contribution >= 4 is 21.7 Å². The number of hydrogen-bond acceptors (Lipinski definition) is 3. The van der Waals surface area contributed by atoms with Crippen LogP contribution in [0.1, 0.15) is 51.0 Å². The summed E-state index contributed by atoms with van der Waals surface area (Å²) in [5.41, 5.74) is 1.40. The smallest absolute Gasteiger partial charge is 0.144 e. The van der Waals surface area contributed by atoms with Crippen LogP contribution in [-0.2, 0) is 0 Å². The second-order valence-corrected chi connectivity index (χ2v) is 6.29. The Labute approximate surface area is 112 Å². The average Bonchev–Trinajstić information content (AvgIpc) is 2.90. The van der Waals surface area contributed by atoms with Gasteiger partial charge >= 0.3 is 0 Å². The van der Waals surface area contributed by atoms with E-state index >= 15 is 0 Å². The first-order valence-corrected chi connectivity index (χ1v) is 7.03. The van der Waals surface area contributed by atoms with Crippen LogP contribution in [0.15, 0.2) is 4.47 Å². The predicted molar refractivity (Wildman–Crippen MR) is 74.4 cm³/mol. The molecule has 0 radical (unpaired) electrons. The average molecular weight is 298 g/mol. The van der Waals surface area contributed by atoms with Gasteiger partial charge in [-0.2, -0.15) is 0 Å². The molecule has 94 valence electrons. The standard InChI is InChI=1S/C13H20BrN3/c1-5-6-15-12-10(14)8(2)16-11(17-12)9-7-13(9,3)4/h9H,5-7H2,1-4H3,(H,15,16,17). The van der Waals surface area contributed by atoms with Crippen molar-refractivity contribution < 1.29 is 0 Å². The summed E-state index contributed by atoms with van der Waals surface area (Å²) < 4.78 is 0.994. The Hall–Kier alpha value is -0.640. The van der Waals surface area contributed by atoms with Crippen molar-refractivity contribution in [2.75, 3.05) is 11.9 Å². The summed E-state index contributed by atoms with van der Waals surface area (Å²) in [6.45, 7) is 9.68. The van der Waals surface area contributed by atoms with E-state index in [9.17, 15) is 0 Å². The van der Waals surface area contributed by atoms with E-state index in [4.69, 9.17) is 0 Å². The van der Waals surface area contributed by atoms with E-state index in [2.05, 4.69) is 52.0 Å². The molecule has 1 aliphatic carbocycles. The largest absolute Gasteiger partial charge is 0.369 e. The minimum Gasteiger partial charge on any atom is -0.369 e. The molecule has 0 aromatic carbocycles. The van der Waals surface area contributed by atoms with Crippen molar-refractivity contribution in [1.29, 1.82) is 0 Å². The van der Waals surface area contributed by atoms with Crippen molar-refractivity contribution in [3.8, 4) is 0 Å². The molecule has 17 heavy (non-hydrogen) atoms. The molecule has 3 nitrogen and oxygen atoms in total. The molecule has 1 heterocycles. The lowest BCUT2D eigenvalue weighted by Crippen LogP contribution is -2.08. The predicted octanol–water partition coefficient (Wildman–Crippen LogP) is 3.88. The molecule has 0 amide bonds. The van der Waals surface area contributed by atoms with E-state index in [0.717, 1.165) is 34.8 Å². The highest BCUT2D eigenvalue weighted by Gasteiger charge is 2.48. The number of nitrogens with zero attached hydrogens (tertiary/aromatic N) is 2. The normalized spacial score (nSPS) is 21.4. The SMILES string of the molecule is CCCNc1nc(C2CC2(C)C)nc(C)c1Br. The molecule has 0 spiro atoms. The minimum atomic E-state index is 0.377. The molecular formula is C13H20BrN3. The molecule has 1 aromatic rings. The number of nitrogens with one attached hydrogen (secondary N) is 1. The lowest BCUT2D eigenvalue weighted by atomic mass is 10.1. The molecule has 1 aromatic heterocycles. The topological polar surface area (TPSA) is 37.8 Å². The zero-order valence-corrected chi connectivity index (χ0v) is 12.6. The summed E-state index contributed by atoms with van der Waals surface area (Å²) in [5, 5.41) is 3.36. The highest BCUT2D eigenvalue weighted by atomic mass is 79.9. The molecule has 1 atom stereocenters. The number of halogens is 1.